The number of nitrogens with zero attached hydrogens (tertiary/aromatic N) is 4. The molecule has 0 saturated carbocycles. The zero-order valence-corrected chi connectivity index (χ0v) is 19.1. The van der Waals surface area contributed by atoms with Crippen LogP contribution in [-0.4, -0.2) is 30.9 Å². The molecule has 4 aromatic rings. The second-order valence-corrected chi connectivity index (χ2v) is 8.85. The smallest absolute Gasteiger partial charge is 0.325 e. The lowest BCUT2D eigenvalue weighted by Gasteiger charge is -2.15. The molecule has 0 aliphatic carbocycles. The molecule has 2 aromatic carbocycles. The molecule has 1 amide bonds. The molecule has 0 radical (unpaired) electrons. The maximum Gasteiger partial charge on any atom is 0.416 e. The van der Waals surface area contributed by atoms with Crippen LogP contribution in [0.1, 0.15) is 18.1 Å². The van der Waals surface area contributed by atoms with Crippen molar-refractivity contribution < 1.29 is 18.0 Å². The highest BCUT2D eigenvalue weighted by Gasteiger charge is 2.30. The van der Waals surface area contributed by atoms with E-state index in [1.165, 1.54) is 12.1 Å². The van der Waals surface area contributed by atoms with Crippen molar-refractivity contribution in [2.24, 2.45) is 0 Å². The molecule has 6 nitrogen and oxygen atoms in total. The summed E-state index contributed by atoms with van der Waals surface area (Å²) in [5, 5.41) is 11.0. The number of amides is 1. The van der Waals surface area contributed by atoms with E-state index >= 15 is 0 Å². The van der Waals surface area contributed by atoms with Gasteiger partial charge in [-0.15, -0.1) is 10.2 Å². The van der Waals surface area contributed by atoms with E-state index in [0.29, 0.717) is 11.0 Å². The Hall–Kier alpha value is -3.66. The number of benzene rings is 2. The van der Waals surface area contributed by atoms with Gasteiger partial charge in [0, 0.05) is 29.3 Å². The molecule has 2 heterocycles. The summed E-state index contributed by atoms with van der Waals surface area (Å²) in [6, 6.07) is 15.9. The van der Waals surface area contributed by atoms with Crippen LogP contribution in [0.3, 0.4) is 0 Å². The van der Waals surface area contributed by atoms with Gasteiger partial charge in [0.15, 0.2) is 11.0 Å². The summed E-state index contributed by atoms with van der Waals surface area (Å²) in [4.78, 5) is 16.8. The van der Waals surface area contributed by atoms with Crippen molar-refractivity contribution in [1.82, 2.24) is 19.7 Å². The van der Waals surface area contributed by atoms with Crippen molar-refractivity contribution >= 4 is 23.4 Å². The van der Waals surface area contributed by atoms with E-state index in [9.17, 15) is 18.0 Å². The highest BCUT2D eigenvalue weighted by atomic mass is 32.2. The number of nitrogens with one attached hydrogen (secondary N) is 1. The first-order chi connectivity index (χ1) is 16.2. The van der Waals surface area contributed by atoms with E-state index in [0.717, 1.165) is 40.7 Å². The van der Waals surface area contributed by atoms with Crippen molar-refractivity contribution in [3.05, 3.63) is 84.2 Å². The lowest BCUT2D eigenvalue weighted by atomic mass is 10.2. The third-order valence-electron chi connectivity index (χ3n) is 4.97. The molecule has 2 aromatic heterocycles. The molecular weight excluding hydrogens is 463 g/mol. The minimum absolute atomic E-state index is 0.0738. The van der Waals surface area contributed by atoms with E-state index in [1.54, 1.807) is 19.3 Å². The second kappa shape index (κ2) is 9.68. The fourth-order valence-corrected chi connectivity index (χ4v) is 4.06. The lowest BCUT2D eigenvalue weighted by Crippen LogP contribution is -2.23. The number of carbonyl (C=O) groups is 1. The molecule has 1 atom stereocenters. The Morgan fingerprint density at radius 2 is 1.74 bits per heavy atom. The molecule has 4 rings (SSSR count). The van der Waals surface area contributed by atoms with Crippen LogP contribution in [0.25, 0.3) is 17.1 Å². The van der Waals surface area contributed by atoms with Gasteiger partial charge in [-0.2, -0.15) is 13.2 Å². The number of rotatable bonds is 6. The van der Waals surface area contributed by atoms with Gasteiger partial charge in [0.25, 0.3) is 0 Å². The Bertz CT molecular complexity index is 1290. The Balaban J connectivity index is 1.60. The first-order valence-corrected chi connectivity index (χ1v) is 11.2. The van der Waals surface area contributed by atoms with Gasteiger partial charge in [-0.3, -0.25) is 14.3 Å². The van der Waals surface area contributed by atoms with Crippen LogP contribution >= 0.6 is 11.8 Å². The van der Waals surface area contributed by atoms with Crippen molar-refractivity contribution in [1.29, 1.82) is 0 Å². The molecule has 10 heteroatoms. The summed E-state index contributed by atoms with van der Waals surface area (Å²) in [5.41, 5.74) is 1.95. The fourth-order valence-electron chi connectivity index (χ4n) is 3.19. The van der Waals surface area contributed by atoms with Crippen LogP contribution in [0.15, 0.2) is 78.2 Å². The predicted octanol–water partition coefficient (Wildman–Crippen LogP) is 5.78. The third-order valence-corrected chi connectivity index (χ3v) is 6.02. The average Bonchev–Trinajstić information content (AvgIpc) is 3.23. The summed E-state index contributed by atoms with van der Waals surface area (Å²) in [5.74, 6) is 0.132. The van der Waals surface area contributed by atoms with E-state index in [1.807, 2.05) is 47.9 Å². The molecular formula is C24H20F3N5OS. The Morgan fingerprint density at radius 1 is 1.03 bits per heavy atom. The summed E-state index contributed by atoms with van der Waals surface area (Å²) in [7, 11) is 0. The number of alkyl halides is 3. The number of aryl methyl sites for hydroxylation is 1. The summed E-state index contributed by atoms with van der Waals surface area (Å²) < 4.78 is 40.8. The minimum atomic E-state index is -4.49. The second-order valence-electron chi connectivity index (χ2n) is 7.54. The molecule has 0 saturated heterocycles. The SMILES string of the molecule is Cc1ccc(-n2c(SC(C)C(=O)Nc3cccc(C(F)(F)F)c3)nnc2-c2ccncc2)cc1. The molecule has 0 bridgehead atoms. The number of hydrogen-bond donors (Lipinski definition) is 1. The molecule has 1 N–H and O–H groups in total. The number of thioether (sulfide) groups is 1. The predicted molar refractivity (Wildman–Crippen MR) is 125 cm³/mol. The van der Waals surface area contributed by atoms with Gasteiger partial charge >= 0.3 is 6.18 Å². The van der Waals surface area contributed by atoms with Crippen LogP contribution in [0.5, 0.6) is 0 Å². The van der Waals surface area contributed by atoms with Crippen molar-refractivity contribution in [3.8, 4) is 17.1 Å². The first kappa shape index (κ1) is 23.5. The van der Waals surface area contributed by atoms with Crippen LogP contribution in [0, 0.1) is 6.92 Å². The first-order valence-electron chi connectivity index (χ1n) is 10.3. The molecule has 1 unspecified atom stereocenters. The number of halogens is 3. The number of anilines is 1. The Labute approximate surface area is 198 Å². The molecule has 0 fully saturated rings. The van der Waals surface area contributed by atoms with E-state index in [4.69, 9.17) is 0 Å². The van der Waals surface area contributed by atoms with Crippen LogP contribution in [-0.2, 0) is 11.0 Å². The van der Waals surface area contributed by atoms with Crippen molar-refractivity contribution in [2.45, 2.75) is 30.4 Å². The highest BCUT2D eigenvalue weighted by molar-refractivity contribution is 8.00. The highest BCUT2D eigenvalue weighted by Crippen LogP contribution is 2.32. The van der Waals surface area contributed by atoms with Gasteiger partial charge in [0.1, 0.15) is 0 Å². The van der Waals surface area contributed by atoms with Gasteiger partial charge in [0.05, 0.1) is 10.8 Å². The number of aromatic nitrogens is 4. The van der Waals surface area contributed by atoms with Gasteiger partial charge in [-0.05, 0) is 56.3 Å². The van der Waals surface area contributed by atoms with Gasteiger partial charge < -0.3 is 5.32 Å². The fraction of sp³-hybridized carbons (Fsp3) is 0.167. The van der Waals surface area contributed by atoms with E-state index in [2.05, 4.69) is 20.5 Å². The maximum atomic E-state index is 13.0. The van der Waals surface area contributed by atoms with Gasteiger partial charge in [0.2, 0.25) is 5.91 Å². The minimum Gasteiger partial charge on any atom is -0.325 e. The monoisotopic (exact) mass is 483 g/mol. The van der Waals surface area contributed by atoms with Gasteiger partial charge in [-0.25, -0.2) is 0 Å². The van der Waals surface area contributed by atoms with Crippen molar-refractivity contribution in [3.63, 3.8) is 0 Å². The third kappa shape index (κ3) is 5.28. The topological polar surface area (TPSA) is 72.7 Å². The van der Waals surface area contributed by atoms with E-state index < -0.39 is 22.9 Å². The summed E-state index contributed by atoms with van der Waals surface area (Å²) >= 11 is 1.16. The zero-order chi connectivity index (χ0) is 24.3. The van der Waals surface area contributed by atoms with Crippen molar-refractivity contribution in [2.75, 3.05) is 5.32 Å². The lowest BCUT2D eigenvalue weighted by molar-refractivity contribution is -0.137. The number of pyridine rings is 1. The molecule has 0 spiro atoms. The van der Waals surface area contributed by atoms with Gasteiger partial charge in [-0.1, -0.05) is 35.5 Å². The average molecular weight is 484 g/mol. The Kier molecular flexibility index (Phi) is 6.69. The molecule has 0 aliphatic rings. The normalized spacial score (nSPS) is 12.4. The molecule has 174 valence electrons. The maximum absolute atomic E-state index is 13.0. The quantitative estimate of drug-likeness (QED) is 0.352. The summed E-state index contributed by atoms with van der Waals surface area (Å²) in [6.45, 7) is 3.64. The van der Waals surface area contributed by atoms with Crippen LogP contribution in [0.2, 0.25) is 0 Å². The molecule has 0 aliphatic heterocycles. The van der Waals surface area contributed by atoms with E-state index in [-0.39, 0.29) is 5.69 Å². The van der Waals surface area contributed by atoms with Crippen LogP contribution < -0.4 is 5.32 Å². The number of carbonyl (C=O) groups excluding carboxylic acids is 1. The molecule has 34 heavy (non-hydrogen) atoms. The van der Waals surface area contributed by atoms with Crippen LogP contribution in [0.4, 0.5) is 18.9 Å². The Morgan fingerprint density at radius 3 is 2.41 bits per heavy atom. The standard InChI is InChI=1S/C24H20F3N5OS/c1-15-6-8-20(9-7-15)32-21(17-10-12-28-13-11-17)30-31-23(32)34-16(2)22(33)29-19-5-3-4-18(14-19)24(25,26)27/h3-14,16H,1-2H3,(H,29,33). The number of hydrogen-bond acceptors (Lipinski definition) is 5. The zero-order valence-electron chi connectivity index (χ0n) is 18.2. The largest absolute Gasteiger partial charge is 0.416 e. The summed E-state index contributed by atoms with van der Waals surface area (Å²) in [6.07, 6.45) is -1.18.